The lowest BCUT2D eigenvalue weighted by Crippen LogP contribution is -2.29. The third-order valence-electron chi connectivity index (χ3n) is 6.99. The zero-order valence-corrected chi connectivity index (χ0v) is 21.2. The number of esters is 1. The number of benzene rings is 3. The van der Waals surface area contributed by atoms with Crippen LogP contribution in [0, 0.1) is 0 Å². The highest BCUT2D eigenvalue weighted by Gasteiger charge is 2.25. The van der Waals surface area contributed by atoms with Gasteiger partial charge in [-0.05, 0) is 69.0 Å². The minimum Gasteiger partial charge on any atom is -0.456 e. The van der Waals surface area contributed by atoms with E-state index < -0.39 is 0 Å². The molecule has 0 unspecified atom stereocenters. The summed E-state index contributed by atoms with van der Waals surface area (Å²) in [5.41, 5.74) is 5.54. The summed E-state index contributed by atoms with van der Waals surface area (Å²) >= 11 is 0. The average molecular weight is 483 g/mol. The molecule has 0 spiro atoms. The van der Waals surface area contributed by atoms with E-state index in [4.69, 9.17) is 9.47 Å². The van der Waals surface area contributed by atoms with Gasteiger partial charge in [-0.25, -0.2) is 4.79 Å². The molecular formula is C31H34N2O3. The Kier molecular flexibility index (Phi) is 7.26. The van der Waals surface area contributed by atoms with Gasteiger partial charge in [0.2, 0.25) is 0 Å². The number of hydrogen-bond donors (Lipinski definition) is 0. The normalized spacial score (nSPS) is 15.6. The Morgan fingerprint density at radius 2 is 1.67 bits per heavy atom. The van der Waals surface area contributed by atoms with Crippen molar-refractivity contribution < 1.29 is 14.3 Å². The fraction of sp³-hybridized carbons (Fsp3) is 0.323. The van der Waals surface area contributed by atoms with Crippen LogP contribution in [-0.4, -0.2) is 32.1 Å². The third kappa shape index (κ3) is 4.97. The molecule has 3 aromatic carbocycles. The molecule has 5 heteroatoms. The molecule has 3 aromatic rings. The largest absolute Gasteiger partial charge is 0.456 e. The van der Waals surface area contributed by atoms with Crippen LogP contribution in [0.4, 0.5) is 11.4 Å². The molecule has 0 atom stereocenters. The van der Waals surface area contributed by atoms with Crippen molar-refractivity contribution in [3.8, 4) is 11.5 Å². The first kappa shape index (κ1) is 24.0. The monoisotopic (exact) mass is 482 g/mol. The van der Waals surface area contributed by atoms with Gasteiger partial charge in [0.25, 0.3) is 0 Å². The van der Waals surface area contributed by atoms with Crippen LogP contribution >= 0.6 is 0 Å². The molecule has 5 nitrogen and oxygen atoms in total. The van der Waals surface area contributed by atoms with E-state index in [1.807, 2.05) is 18.2 Å². The number of hydrogen-bond acceptors (Lipinski definition) is 5. The van der Waals surface area contributed by atoms with E-state index in [2.05, 4.69) is 60.0 Å². The summed E-state index contributed by atoms with van der Waals surface area (Å²) in [6.45, 7) is 8.42. The van der Waals surface area contributed by atoms with Crippen LogP contribution < -0.4 is 14.5 Å². The molecule has 36 heavy (non-hydrogen) atoms. The molecule has 0 bridgehead atoms. The fourth-order valence-corrected chi connectivity index (χ4v) is 5.07. The maximum Gasteiger partial charge on any atom is 0.342 e. The molecule has 0 aliphatic carbocycles. The summed E-state index contributed by atoms with van der Waals surface area (Å²) < 4.78 is 12.2. The van der Waals surface area contributed by atoms with Crippen molar-refractivity contribution in [2.75, 3.05) is 36.0 Å². The molecule has 1 saturated heterocycles. The molecule has 0 radical (unpaired) electrons. The van der Waals surface area contributed by atoms with Gasteiger partial charge in [0.15, 0.2) is 0 Å². The van der Waals surface area contributed by atoms with Gasteiger partial charge >= 0.3 is 5.97 Å². The van der Waals surface area contributed by atoms with Gasteiger partial charge in [-0.1, -0.05) is 25.1 Å². The molecular weight excluding hydrogens is 448 g/mol. The standard InChI is InChI=1S/C31H34N2O3/c1-3-17-32(4-2)24-13-15-26-28(22-35-31(34)23-11-7-5-8-12-23)27-16-14-25(33-18-9-6-10-19-33)21-30(27)36-29(26)20-24/h5,7-8,11-16,20-22H,3-4,6,9-10,17-19H2,1-2H3/b28-22+. The number of rotatable bonds is 7. The summed E-state index contributed by atoms with van der Waals surface area (Å²) in [5.74, 6) is 1.20. The zero-order chi connectivity index (χ0) is 24.9. The van der Waals surface area contributed by atoms with Crippen molar-refractivity contribution in [1.29, 1.82) is 0 Å². The van der Waals surface area contributed by atoms with Crippen LogP contribution in [0.5, 0.6) is 11.5 Å². The maximum atomic E-state index is 12.7. The summed E-state index contributed by atoms with van der Waals surface area (Å²) in [5, 5.41) is 0. The van der Waals surface area contributed by atoms with Gasteiger partial charge in [-0.3, -0.25) is 0 Å². The van der Waals surface area contributed by atoms with Crippen LogP contribution in [0.3, 0.4) is 0 Å². The lowest BCUT2D eigenvalue weighted by Gasteiger charge is -2.31. The van der Waals surface area contributed by atoms with E-state index in [0.29, 0.717) is 5.56 Å². The minimum atomic E-state index is -0.376. The Balaban J connectivity index is 1.53. The summed E-state index contributed by atoms with van der Waals surface area (Å²) in [6, 6.07) is 21.8. The lowest BCUT2D eigenvalue weighted by atomic mass is 9.94. The Morgan fingerprint density at radius 1 is 0.944 bits per heavy atom. The van der Waals surface area contributed by atoms with Gasteiger partial charge in [0.05, 0.1) is 5.56 Å². The highest BCUT2D eigenvalue weighted by molar-refractivity contribution is 5.93. The lowest BCUT2D eigenvalue weighted by molar-refractivity contribution is 0.0664. The average Bonchev–Trinajstić information content (AvgIpc) is 2.94. The number of anilines is 2. The van der Waals surface area contributed by atoms with Crippen molar-refractivity contribution in [1.82, 2.24) is 0 Å². The molecule has 5 rings (SSSR count). The van der Waals surface area contributed by atoms with E-state index in [-0.39, 0.29) is 5.97 Å². The highest BCUT2D eigenvalue weighted by atomic mass is 16.5. The first-order valence-corrected chi connectivity index (χ1v) is 13.1. The minimum absolute atomic E-state index is 0.376. The number of ether oxygens (including phenoxy) is 2. The van der Waals surface area contributed by atoms with E-state index in [1.54, 1.807) is 18.4 Å². The number of carbonyl (C=O) groups excluding carboxylic acids is 1. The maximum absolute atomic E-state index is 12.7. The van der Waals surface area contributed by atoms with Crippen LogP contribution in [0.25, 0.3) is 5.57 Å². The number of piperidine rings is 1. The topological polar surface area (TPSA) is 42.0 Å². The van der Waals surface area contributed by atoms with E-state index in [0.717, 1.165) is 66.5 Å². The SMILES string of the molecule is CCCN(CC)c1ccc2c(c1)Oc1cc(N3CCCCC3)ccc1/C2=C/OC(=O)c1ccccc1. The smallest absolute Gasteiger partial charge is 0.342 e. The van der Waals surface area contributed by atoms with Crippen molar-refractivity contribution in [3.05, 3.63) is 89.7 Å². The molecule has 0 amide bonds. The second-order valence-electron chi connectivity index (χ2n) is 9.39. The van der Waals surface area contributed by atoms with Crippen molar-refractivity contribution in [2.45, 2.75) is 39.5 Å². The number of fused-ring (bicyclic) bond motifs is 2. The van der Waals surface area contributed by atoms with Crippen LogP contribution in [-0.2, 0) is 4.74 Å². The molecule has 2 heterocycles. The van der Waals surface area contributed by atoms with Crippen LogP contribution in [0.2, 0.25) is 0 Å². The molecule has 0 aromatic heterocycles. The van der Waals surface area contributed by atoms with Crippen LogP contribution in [0.1, 0.15) is 61.0 Å². The second kappa shape index (κ2) is 10.9. The first-order chi connectivity index (χ1) is 17.7. The summed E-state index contributed by atoms with van der Waals surface area (Å²) in [6.07, 6.45) is 6.39. The van der Waals surface area contributed by atoms with Gasteiger partial charge in [0, 0.05) is 66.4 Å². The van der Waals surface area contributed by atoms with Crippen molar-refractivity contribution in [3.63, 3.8) is 0 Å². The Hall–Kier alpha value is -3.73. The number of nitrogens with zero attached hydrogens (tertiary/aromatic N) is 2. The molecule has 186 valence electrons. The Morgan fingerprint density at radius 3 is 2.39 bits per heavy atom. The van der Waals surface area contributed by atoms with Crippen LogP contribution in [0.15, 0.2) is 73.0 Å². The van der Waals surface area contributed by atoms with E-state index in [1.165, 1.54) is 24.9 Å². The molecule has 1 fully saturated rings. The van der Waals surface area contributed by atoms with E-state index in [9.17, 15) is 4.79 Å². The third-order valence-corrected chi connectivity index (χ3v) is 6.99. The van der Waals surface area contributed by atoms with Gasteiger partial charge in [0.1, 0.15) is 17.8 Å². The van der Waals surface area contributed by atoms with Gasteiger partial charge < -0.3 is 19.3 Å². The Bertz CT molecular complexity index is 1190. The summed E-state index contributed by atoms with van der Waals surface area (Å²) in [7, 11) is 0. The van der Waals surface area contributed by atoms with Gasteiger partial charge in [-0.15, -0.1) is 0 Å². The second-order valence-corrected chi connectivity index (χ2v) is 9.39. The van der Waals surface area contributed by atoms with E-state index >= 15 is 0 Å². The first-order valence-electron chi connectivity index (χ1n) is 13.1. The predicted molar refractivity (Wildman–Crippen MR) is 146 cm³/mol. The quantitative estimate of drug-likeness (QED) is 0.205. The fourth-order valence-electron chi connectivity index (χ4n) is 5.07. The zero-order valence-electron chi connectivity index (χ0n) is 21.2. The van der Waals surface area contributed by atoms with Crippen molar-refractivity contribution >= 4 is 22.9 Å². The highest BCUT2D eigenvalue weighted by Crippen LogP contribution is 2.46. The van der Waals surface area contributed by atoms with Gasteiger partial charge in [-0.2, -0.15) is 0 Å². The predicted octanol–water partition coefficient (Wildman–Crippen LogP) is 7.27. The molecule has 0 N–H and O–H groups in total. The molecule has 0 saturated carbocycles. The molecule has 2 aliphatic rings. The number of carbonyl (C=O) groups is 1. The summed E-state index contributed by atoms with van der Waals surface area (Å²) in [4.78, 5) is 17.5. The van der Waals surface area contributed by atoms with Crippen molar-refractivity contribution in [2.24, 2.45) is 0 Å². The Labute approximate surface area is 213 Å². The molecule has 2 aliphatic heterocycles.